The Morgan fingerprint density at radius 3 is 2.79 bits per heavy atom. The molecule has 1 aromatic heterocycles. The predicted molar refractivity (Wildman–Crippen MR) is 113 cm³/mol. The van der Waals surface area contributed by atoms with Crippen LogP contribution in [-0.4, -0.2) is 52.8 Å². The molecule has 180 valence electrons. The van der Waals surface area contributed by atoms with Gasteiger partial charge in [0.25, 0.3) is 0 Å². The second kappa shape index (κ2) is 11.1. The fourth-order valence-electron chi connectivity index (χ4n) is 3.43. The van der Waals surface area contributed by atoms with Crippen LogP contribution in [0.2, 0.25) is 0 Å². The van der Waals surface area contributed by atoms with Gasteiger partial charge in [-0.2, -0.15) is 18.3 Å². The minimum absolute atomic E-state index is 0.0237. The van der Waals surface area contributed by atoms with Gasteiger partial charge in [-0.1, -0.05) is 12.1 Å². The largest absolute Gasteiger partial charge is 0.490 e. The van der Waals surface area contributed by atoms with Crippen molar-refractivity contribution in [1.82, 2.24) is 20.0 Å². The van der Waals surface area contributed by atoms with Crippen LogP contribution in [-0.2, 0) is 28.9 Å². The first kappa shape index (κ1) is 24.4. The third kappa shape index (κ3) is 6.87. The first-order valence-electron chi connectivity index (χ1n) is 10.8. The Balaban J connectivity index is 1.86. The monoisotopic (exact) mass is 468 g/mol. The number of nitrogens with one attached hydrogen (secondary N) is 1. The number of hydrogen-bond acceptors (Lipinski definition) is 5. The molecule has 0 aliphatic carbocycles. The van der Waals surface area contributed by atoms with Crippen LogP contribution in [0, 0.1) is 0 Å². The molecule has 0 atom stereocenters. The molecule has 2 heterocycles. The van der Waals surface area contributed by atoms with E-state index in [2.05, 4.69) is 10.4 Å². The van der Waals surface area contributed by atoms with Crippen molar-refractivity contribution >= 4 is 11.8 Å². The fourth-order valence-corrected chi connectivity index (χ4v) is 3.43. The molecule has 3 rings (SSSR count). The molecule has 8 nitrogen and oxygen atoms in total. The molecule has 11 heteroatoms. The maximum absolute atomic E-state index is 13.0. The number of benzene rings is 1. The van der Waals surface area contributed by atoms with E-state index in [0.29, 0.717) is 43.0 Å². The van der Waals surface area contributed by atoms with E-state index in [-0.39, 0.29) is 19.0 Å². The molecule has 0 saturated carbocycles. The second-order valence-corrected chi connectivity index (χ2v) is 7.61. The lowest BCUT2D eigenvalue weighted by atomic mass is 10.1. The predicted octanol–water partition coefficient (Wildman–Crippen LogP) is 3.01. The zero-order chi connectivity index (χ0) is 23.8. The van der Waals surface area contributed by atoms with Crippen LogP contribution in [0.1, 0.15) is 37.3 Å². The molecule has 2 aromatic rings. The summed E-state index contributed by atoms with van der Waals surface area (Å²) in [4.78, 5) is 26.7. The van der Waals surface area contributed by atoms with Crippen LogP contribution >= 0.6 is 0 Å². The lowest BCUT2D eigenvalue weighted by Gasteiger charge is -2.24. The Hall–Kier alpha value is -3.24. The quantitative estimate of drug-likeness (QED) is 0.746. The molecular weight excluding hydrogens is 441 g/mol. The third-order valence-corrected chi connectivity index (χ3v) is 5.06. The summed E-state index contributed by atoms with van der Waals surface area (Å²) in [5, 5.41) is 6.42. The first-order chi connectivity index (χ1) is 15.8. The lowest BCUT2D eigenvalue weighted by molar-refractivity contribution is -0.138. The lowest BCUT2D eigenvalue weighted by Crippen LogP contribution is -2.42. The minimum atomic E-state index is -4.56. The molecule has 33 heavy (non-hydrogen) atoms. The van der Waals surface area contributed by atoms with Gasteiger partial charge < -0.3 is 19.7 Å². The molecule has 0 spiro atoms. The smallest absolute Gasteiger partial charge is 0.419 e. The average molecular weight is 468 g/mol. The highest BCUT2D eigenvalue weighted by Crippen LogP contribution is 2.33. The van der Waals surface area contributed by atoms with Crippen molar-refractivity contribution in [1.29, 1.82) is 0 Å². The highest BCUT2D eigenvalue weighted by molar-refractivity contribution is 5.84. The zero-order valence-corrected chi connectivity index (χ0v) is 18.4. The number of fused-ring (bicyclic) bond motifs is 1. The number of halogens is 3. The van der Waals surface area contributed by atoms with Crippen molar-refractivity contribution in [2.75, 3.05) is 26.3 Å². The Bertz CT molecular complexity index is 961. The molecule has 0 fully saturated rings. The number of para-hydroxylation sites is 1. The summed E-state index contributed by atoms with van der Waals surface area (Å²) < 4.78 is 51.2. The molecule has 1 aliphatic heterocycles. The van der Waals surface area contributed by atoms with Crippen LogP contribution in [0.4, 0.5) is 13.2 Å². The summed E-state index contributed by atoms with van der Waals surface area (Å²) in [5.41, 5.74) is -0.309. The SMILES string of the molecule is CCOc1cccc2c1OCCCCCNC(=O)CN(C(=O)Cn1cc(C(F)(F)F)cn1)C2. The van der Waals surface area contributed by atoms with E-state index < -0.39 is 24.2 Å². The molecule has 2 amide bonds. The van der Waals surface area contributed by atoms with E-state index in [1.165, 1.54) is 4.90 Å². The standard InChI is InChI=1S/C22H27F3N4O4/c1-2-32-18-8-6-7-16-12-28(14-19(30)26-9-4-3-5-10-33-21(16)18)20(31)15-29-13-17(11-27-29)22(23,24)25/h6-8,11,13H,2-5,9-10,12,14-15H2,1H3,(H,26,30). The molecule has 0 saturated heterocycles. The topological polar surface area (TPSA) is 85.7 Å². The summed E-state index contributed by atoms with van der Waals surface area (Å²) in [5.74, 6) is 0.131. The van der Waals surface area contributed by atoms with E-state index in [9.17, 15) is 22.8 Å². The van der Waals surface area contributed by atoms with E-state index in [1.54, 1.807) is 18.2 Å². The molecule has 0 unspecified atom stereocenters. The highest BCUT2D eigenvalue weighted by atomic mass is 19.4. The van der Waals surface area contributed by atoms with Gasteiger partial charge in [-0.05, 0) is 32.3 Å². The van der Waals surface area contributed by atoms with Gasteiger partial charge >= 0.3 is 6.18 Å². The molecule has 0 radical (unpaired) electrons. The van der Waals surface area contributed by atoms with Gasteiger partial charge in [0.05, 0.1) is 38.1 Å². The van der Waals surface area contributed by atoms with Gasteiger partial charge in [-0.25, -0.2) is 0 Å². The number of aromatic nitrogens is 2. The Morgan fingerprint density at radius 1 is 1.24 bits per heavy atom. The minimum Gasteiger partial charge on any atom is -0.490 e. The fraction of sp³-hybridized carbons (Fsp3) is 0.500. The number of rotatable bonds is 4. The highest BCUT2D eigenvalue weighted by Gasteiger charge is 2.32. The van der Waals surface area contributed by atoms with E-state index in [0.717, 1.165) is 30.1 Å². The van der Waals surface area contributed by atoms with Crippen LogP contribution in [0.5, 0.6) is 11.5 Å². The maximum atomic E-state index is 13.0. The number of nitrogens with zero attached hydrogens (tertiary/aromatic N) is 3. The number of ether oxygens (including phenoxy) is 2. The first-order valence-corrected chi connectivity index (χ1v) is 10.8. The van der Waals surface area contributed by atoms with Gasteiger partial charge in [-0.15, -0.1) is 0 Å². The summed E-state index contributed by atoms with van der Waals surface area (Å²) in [6, 6.07) is 5.30. The number of hydrogen-bond donors (Lipinski definition) is 1. The number of carbonyl (C=O) groups is 2. The van der Waals surface area contributed by atoms with Crippen LogP contribution in [0.25, 0.3) is 0 Å². The average Bonchev–Trinajstić information content (AvgIpc) is 3.23. The molecule has 1 N–H and O–H groups in total. The van der Waals surface area contributed by atoms with Crippen molar-refractivity contribution in [3.05, 3.63) is 41.7 Å². The van der Waals surface area contributed by atoms with Gasteiger partial charge in [0, 0.05) is 18.3 Å². The Labute approximate surface area is 189 Å². The number of alkyl halides is 3. The van der Waals surface area contributed by atoms with Crippen molar-refractivity contribution in [3.63, 3.8) is 0 Å². The molecule has 1 aromatic carbocycles. The van der Waals surface area contributed by atoms with Gasteiger partial charge in [0.2, 0.25) is 11.8 Å². The summed E-state index contributed by atoms with van der Waals surface area (Å²) in [6.07, 6.45) is -0.717. The summed E-state index contributed by atoms with van der Waals surface area (Å²) in [6.45, 7) is 2.52. The maximum Gasteiger partial charge on any atom is 0.419 e. The number of carbonyl (C=O) groups excluding carboxylic acids is 2. The van der Waals surface area contributed by atoms with Crippen molar-refractivity contribution in [3.8, 4) is 11.5 Å². The van der Waals surface area contributed by atoms with Gasteiger partial charge in [0.15, 0.2) is 11.5 Å². The molecular formula is C22H27F3N4O4. The second-order valence-electron chi connectivity index (χ2n) is 7.61. The Kier molecular flexibility index (Phi) is 8.18. The molecule has 0 bridgehead atoms. The number of amides is 2. The normalized spacial score (nSPS) is 15.9. The molecule has 1 aliphatic rings. The van der Waals surface area contributed by atoms with Crippen molar-refractivity contribution in [2.45, 2.75) is 45.5 Å². The van der Waals surface area contributed by atoms with Crippen molar-refractivity contribution < 1.29 is 32.2 Å². The summed E-state index contributed by atoms with van der Waals surface area (Å²) in [7, 11) is 0. The van der Waals surface area contributed by atoms with Crippen LogP contribution in [0.3, 0.4) is 0 Å². The zero-order valence-electron chi connectivity index (χ0n) is 18.4. The van der Waals surface area contributed by atoms with E-state index in [1.807, 2.05) is 6.92 Å². The van der Waals surface area contributed by atoms with E-state index in [4.69, 9.17) is 9.47 Å². The Morgan fingerprint density at radius 2 is 2.06 bits per heavy atom. The van der Waals surface area contributed by atoms with Gasteiger partial charge in [0.1, 0.15) is 6.54 Å². The third-order valence-electron chi connectivity index (χ3n) is 5.06. The van der Waals surface area contributed by atoms with Gasteiger partial charge in [-0.3, -0.25) is 14.3 Å². The van der Waals surface area contributed by atoms with Crippen LogP contribution in [0.15, 0.2) is 30.6 Å². The van der Waals surface area contributed by atoms with E-state index >= 15 is 0 Å². The summed E-state index contributed by atoms with van der Waals surface area (Å²) >= 11 is 0. The van der Waals surface area contributed by atoms with Crippen LogP contribution < -0.4 is 14.8 Å². The van der Waals surface area contributed by atoms with Crippen molar-refractivity contribution in [2.24, 2.45) is 0 Å².